The number of hydrogen-bond donors (Lipinski definition) is 0. The predicted molar refractivity (Wildman–Crippen MR) is 58.6 cm³/mol. The lowest BCUT2D eigenvalue weighted by Gasteiger charge is -2.07. The van der Waals surface area contributed by atoms with Crippen molar-refractivity contribution >= 4 is 5.78 Å². The third-order valence-electron chi connectivity index (χ3n) is 2.87. The second kappa shape index (κ2) is 5.14. The normalized spacial score (nSPS) is 15.8. The van der Waals surface area contributed by atoms with Crippen molar-refractivity contribution in [1.29, 1.82) is 0 Å². The van der Waals surface area contributed by atoms with Crippen LogP contribution < -0.4 is 0 Å². The molecule has 1 aliphatic carbocycles. The van der Waals surface area contributed by atoms with Crippen molar-refractivity contribution in [3.05, 3.63) is 23.5 Å². The van der Waals surface area contributed by atoms with Crippen LogP contribution in [-0.4, -0.2) is 29.7 Å². The molecular formula is C12H14F3NO2. The Morgan fingerprint density at radius 3 is 2.72 bits per heavy atom. The summed E-state index contributed by atoms with van der Waals surface area (Å²) in [6.45, 7) is -0.912. The van der Waals surface area contributed by atoms with Crippen molar-refractivity contribution in [1.82, 2.24) is 4.57 Å². The number of halogens is 3. The van der Waals surface area contributed by atoms with Gasteiger partial charge in [-0.05, 0) is 18.4 Å². The van der Waals surface area contributed by atoms with E-state index in [9.17, 15) is 18.0 Å². The Morgan fingerprint density at radius 1 is 1.28 bits per heavy atom. The molecule has 0 bridgehead atoms. The highest BCUT2D eigenvalue weighted by molar-refractivity contribution is 5.98. The topological polar surface area (TPSA) is 31.2 Å². The summed E-state index contributed by atoms with van der Waals surface area (Å²) in [4.78, 5) is 11.6. The van der Waals surface area contributed by atoms with E-state index in [-0.39, 0.29) is 12.4 Å². The van der Waals surface area contributed by atoms with E-state index in [1.165, 1.54) is 0 Å². The Morgan fingerprint density at radius 2 is 2.06 bits per heavy atom. The van der Waals surface area contributed by atoms with Gasteiger partial charge in [-0.25, -0.2) is 0 Å². The smallest absolute Gasteiger partial charge is 0.370 e. The number of alkyl halides is 3. The Labute approximate surface area is 103 Å². The van der Waals surface area contributed by atoms with Gasteiger partial charge >= 0.3 is 6.18 Å². The van der Waals surface area contributed by atoms with Gasteiger partial charge in [-0.15, -0.1) is 0 Å². The largest absolute Gasteiger partial charge is 0.411 e. The summed E-state index contributed by atoms with van der Waals surface area (Å²) in [5.41, 5.74) is 1.69. The van der Waals surface area contributed by atoms with E-state index in [1.54, 1.807) is 10.8 Å². The summed E-state index contributed by atoms with van der Waals surface area (Å²) in [5.74, 6) is 0.117. The maximum absolute atomic E-state index is 11.8. The number of nitrogens with zero attached hydrogens (tertiary/aromatic N) is 1. The molecule has 1 aliphatic rings. The lowest BCUT2D eigenvalue weighted by Crippen LogP contribution is -2.18. The molecule has 0 aromatic carbocycles. The number of carbonyl (C=O) groups is 1. The number of aromatic nitrogens is 1. The van der Waals surface area contributed by atoms with Crippen LogP contribution in [0.2, 0.25) is 0 Å². The number of Topliss-reactive ketones (excluding diaryl/α,β-unsaturated/α-hetero) is 1. The van der Waals surface area contributed by atoms with Crippen molar-refractivity contribution in [2.45, 2.75) is 32.0 Å². The summed E-state index contributed by atoms with van der Waals surface area (Å²) in [6, 6.07) is 0. The van der Waals surface area contributed by atoms with E-state index in [2.05, 4.69) is 4.74 Å². The molecule has 6 heteroatoms. The molecule has 18 heavy (non-hydrogen) atoms. The van der Waals surface area contributed by atoms with Crippen LogP contribution in [0, 0.1) is 0 Å². The molecule has 0 unspecified atom stereocenters. The summed E-state index contributed by atoms with van der Waals surface area (Å²) in [5, 5.41) is 0. The molecule has 1 aromatic rings. The first-order chi connectivity index (χ1) is 8.46. The zero-order valence-electron chi connectivity index (χ0n) is 9.79. The van der Waals surface area contributed by atoms with Gasteiger partial charge in [-0.1, -0.05) is 0 Å². The van der Waals surface area contributed by atoms with Gasteiger partial charge in [-0.3, -0.25) is 4.79 Å². The molecule has 3 nitrogen and oxygen atoms in total. The fraction of sp³-hybridized carbons (Fsp3) is 0.583. The maximum atomic E-state index is 11.8. The quantitative estimate of drug-likeness (QED) is 0.780. The molecule has 0 radical (unpaired) electrons. The summed E-state index contributed by atoms with van der Waals surface area (Å²) in [6.07, 6.45) is 1.50. The summed E-state index contributed by atoms with van der Waals surface area (Å²) < 4.78 is 41.8. The molecule has 0 atom stereocenters. The van der Waals surface area contributed by atoms with Crippen LogP contribution in [0.25, 0.3) is 0 Å². The van der Waals surface area contributed by atoms with E-state index < -0.39 is 12.8 Å². The highest BCUT2D eigenvalue weighted by Gasteiger charge is 2.27. The molecule has 0 amide bonds. The van der Waals surface area contributed by atoms with Gasteiger partial charge in [-0.2, -0.15) is 13.2 Å². The average molecular weight is 261 g/mol. The number of hydrogen-bond acceptors (Lipinski definition) is 2. The number of ether oxygens (including phenoxy) is 1. The monoisotopic (exact) mass is 261 g/mol. The molecule has 0 N–H and O–H groups in total. The first-order valence-electron chi connectivity index (χ1n) is 5.82. The van der Waals surface area contributed by atoms with E-state index >= 15 is 0 Å². The standard InChI is InChI=1S/C12H14F3NO2/c13-12(14,15)8-18-5-4-16-6-9-2-1-3-11(17)10(9)7-16/h6-7H,1-5,8H2. The van der Waals surface area contributed by atoms with Crippen molar-refractivity contribution in [3.63, 3.8) is 0 Å². The molecule has 0 spiro atoms. The van der Waals surface area contributed by atoms with Gasteiger partial charge < -0.3 is 9.30 Å². The van der Waals surface area contributed by atoms with Crippen molar-refractivity contribution < 1.29 is 22.7 Å². The number of rotatable bonds is 4. The highest BCUT2D eigenvalue weighted by atomic mass is 19.4. The minimum atomic E-state index is -4.29. The predicted octanol–water partition coefficient (Wildman–Crippen LogP) is 2.59. The van der Waals surface area contributed by atoms with E-state index in [1.807, 2.05) is 6.20 Å². The molecule has 100 valence electrons. The molecule has 2 rings (SSSR count). The molecular weight excluding hydrogens is 247 g/mol. The third-order valence-corrected chi connectivity index (χ3v) is 2.87. The lowest BCUT2D eigenvalue weighted by atomic mass is 9.95. The molecule has 0 saturated heterocycles. The first-order valence-corrected chi connectivity index (χ1v) is 5.82. The van der Waals surface area contributed by atoms with E-state index in [4.69, 9.17) is 0 Å². The van der Waals surface area contributed by atoms with Crippen LogP contribution in [0.15, 0.2) is 12.4 Å². The number of ketones is 1. The van der Waals surface area contributed by atoms with Gasteiger partial charge in [0.25, 0.3) is 0 Å². The zero-order valence-corrected chi connectivity index (χ0v) is 9.79. The van der Waals surface area contributed by atoms with E-state index in [0.29, 0.717) is 18.5 Å². The number of fused-ring (bicyclic) bond motifs is 1. The number of carbonyl (C=O) groups excluding carboxylic acids is 1. The molecule has 0 fully saturated rings. The molecule has 1 heterocycles. The highest BCUT2D eigenvalue weighted by Crippen LogP contribution is 2.22. The Balaban J connectivity index is 1.86. The minimum absolute atomic E-state index is 0.0126. The van der Waals surface area contributed by atoms with Crippen LogP contribution in [0.1, 0.15) is 28.8 Å². The van der Waals surface area contributed by atoms with Crippen LogP contribution in [-0.2, 0) is 17.7 Å². The van der Waals surface area contributed by atoms with Crippen LogP contribution in [0.3, 0.4) is 0 Å². The zero-order chi connectivity index (χ0) is 13.2. The Hall–Kier alpha value is -1.30. The first kappa shape index (κ1) is 13.1. The second-order valence-corrected chi connectivity index (χ2v) is 4.38. The fourth-order valence-corrected chi connectivity index (χ4v) is 2.07. The maximum Gasteiger partial charge on any atom is 0.411 e. The second-order valence-electron chi connectivity index (χ2n) is 4.38. The summed E-state index contributed by atoms with van der Waals surface area (Å²) >= 11 is 0. The van der Waals surface area contributed by atoms with Crippen molar-refractivity contribution in [3.8, 4) is 0 Å². The average Bonchev–Trinajstić information content (AvgIpc) is 2.68. The van der Waals surface area contributed by atoms with E-state index in [0.717, 1.165) is 18.4 Å². The lowest BCUT2D eigenvalue weighted by molar-refractivity contribution is -0.174. The minimum Gasteiger partial charge on any atom is -0.370 e. The van der Waals surface area contributed by atoms with Gasteiger partial charge in [0.2, 0.25) is 0 Å². The Kier molecular flexibility index (Phi) is 3.75. The number of aryl methyl sites for hydroxylation is 1. The van der Waals surface area contributed by atoms with Crippen LogP contribution >= 0.6 is 0 Å². The van der Waals surface area contributed by atoms with Crippen LogP contribution in [0.5, 0.6) is 0 Å². The van der Waals surface area contributed by atoms with Gasteiger partial charge in [0.15, 0.2) is 5.78 Å². The molecule has 0 aliphatic heterocycles. The van der Waals surface area contributed by atoms with Crippen molar-refractivity contribution in [2.24, 2.45) is 0 Å². The summed E-state index contributed by atoms with van der Waals surface area (Å²) in [7, 11) is 0. The SMILES string of the molecule is O=C1CCCc2cn(CCOCC(F)(F)F)cc21. The fourth-order valence-electron chi connectivity index (χ4n) is 2.07. The van der Waals surface area contributed by atoms with Crippen molar-refractivity contribution in [2.75, 3.05) is 13.2 Å². The van der Waals surface area contributed by atoms with Gasteiger partial charge in [0.1, 0.15) is 6.61 Å². The van der Waals surface area contributed by atoms with Gasteiger partial charge in [0, 0.05) is 30.9 Å². The van der Waals surface area contributed by atoms with Crippen LogP contribution in [0.4, 0.5) is 13.2 Å². The Bertz CT molecular complexity index is 437. The molecule has 0 saturated carbocycles. The van der Waals surface area contributed by atoms with Gasteiger partial charge in [0.05, 0.1) is 6.61 Å². The molecule has 1 aromatic heterocycles. The third kappa shape index (κ3) is 3.35.